The van der Waals surface area contributed by atoms with Gasteiger partial charge in [-0.2, -0.15) is 15.4 Å². The summed E-state index contributed by atoms with van der Waals surface area (Å²) in [6.07, 6.45) is 3.50. The Balaban J connectivity index is 1.33. The minimum absolute atomic E-state index is 0.223. The molecule has 1 N–H and O–H groups in total. The quantitative estimate of drug-likeness (QED) is 0.901. The summed E-state index contributed by atoms with van der Waals surface area (Å²) < 4.78 is 24.6. The van der Waals surface area contributed by atoms with E-state index in [1.165, 1.54) is 12.1 Å². The van der Waals surface area contributed by atoms with E-state index in [0.717, 1.165) is 62.5 Å². The summed E-state index contributed by atoms with van der Waals surface area (Å²) in [4.78, 5) is 2.52. The van der Waals surface area contributed by atoms with Crippen LogP contribution in [0.2, 0.25) is 0 Å². The maximum absolute atomic E-state index is 13.1. The lowest BCUT2D eigenvalue weighted by molar-refractivity contribution is 0.0199. The van der Waals surface area contributed by atoms with Crippen LogP contribution in [0.1, 0.15) is 25.0 Å². The van der Waals surface area contributed by atoms with Crippen LogP contribution >= 0.6 is 0 Å². The Morgan fingerprint density at radius 1 is 1.16 bits per heavy atom. The van der Waals surface area contributed by atoms with Gasteiger partial charge >= 0.3 is 0 Å². The van der Waals surface area contributed by atoms with E-state index >= 15 is 0 Å². The molecule has 2 aliphatic rings. The Labute approximate surface area is 146 Å². The summed E-state index contributed by atoms with van der Waals surface area (Å²) in [5.74, 6) is -0.260. The van der Waals surface area contributed by atoms with Crippen molar-refractivity contribution >= 4 is 0 Å². The number of H-pyrrole nitrogens is 1. The standard InChI is InChI=1S/C18H23FN4O2/c19-14-3-1-13(2-4-14)18-17(20-22-21-18)12-25-16-5-8-23(11-16)15-6-9-24-10-7-15/h1-4,15-16H,5-12H2,(H,20,21,22). The van der Waals surface area contributed by atoms with Gasteiger partial charge in [0.15, 0.2) is 0 Å². The molecule has 0 amide bonds. The Morgan fingerprint density at radius 2 is 1.96 bits per heavy atom. The molecule has 0 saturated carbocycles. The van der Waals surface area contributed by atoms with E-state index in [-0.39, 0.29) is 11.9 Å². The minimum Gasteiger partial charge on any atom is -0.381 e. The molecule has 2 fully saturated rings. The zero-order valence-electron chi connectivity index (χ0n) is 14.2. The highest BCUT2D eigenvalue weighted by Crippen LogP contribution is 2.24. The van der Waals surface area contributed by atoms with Crippen LogP contribution in [0.4, 0.5) is 4.39 Å². The van der Waals surface area contributed by atoms with Crippen LogP contribution in [-0.4, -0.2) is 58.8 Å². The van der Waals surface area contributed by atoms with Crippen LogP contribution in [0.15, 0.2) is 24.3 Å². The molecule has 0 aliphatic carbocycles. The summed E-state index contributed by atoms with van der Waals surface area (Å²) in [6.45, 7) is 4.20. The lowest BCUT2D eigenvalue weighted by atomic mass is 10.1. The van der Waals surface area contributed by atoms with Crippen LogP contribution in [0.3, 0.4) is 0 Å². The number of likely N-dealkylation sites (tertiary alicyclic amines) is 1. The largest absolute Gasteiger partial charge is 0.381 e. The van der Waals surface area contributed by atoms with Crippen molar-refractivity contribution in [2.24, 2.45) is 0 Å². The molecule has 1 atom stereocenters. The first kappa shape index (κ1) is 16.6. The molecule has 0 spiro atoms. The molecule has 6 nitrogen and oxygen atoms in total. The van der Waals surface area contributed by atoms with Crippen LogP contribution in [0.25, 0.3) is 11.3 Å². The van der Waals surface area contributed by atoms with E-state index in [4.69, 9.17) is 9.47 Å². The molecule has 1 unspecified atom stereocenters. The molecule has 25 heavy (non-hydrogen) atoms. The predicted octanol–water partition coefficient (Wildman–Crippen LogP) is 2.38. The number of nitrogens with one attached hydrogen (secondary N) is 1. The van der Waals surface area contributed by atoms with Gasteiger partial charge in [-0.1, -0.05) is 0 Å². The number of nitrogens with zero attached hydrogens (tertiary/aromatic N) is 3. The molecule has 134 valence electrons. The number of hydrogen-bond donors (Lipinski definition) is 1. The van der Waals surface area contributed by atoms with Crippen molar-refractivity contribution < 1.29 is 13.9 Å². The molecule has 7 heteroatoms. The highest BCUT2D eigenvalue weighted by molar-refractivity contribution is 5.60. The Bertz CT molecular complexity index is 685. The van der Waals surface area contributed by atoms with Gasteiger partial charge in [0.2, 0.25) is 0 Å². The first-order valence-corrected chi connectivity index (χ1v) is 8.88. The van der Waals surface area contributed by atoms with Gasteiger partial charge in [-0.3, -0.25) is 4.90 Å². The molecular weight excluding hydrogens is 323 g/mol. The molecule has 2 aromatic rings. The second-order valence-electron chi connectivity index (χ2n) is 6.69. The Kier molecular flexibility index (Phi) is 5.05. The normalized spacial score (nSPS) is 22.5. The highest BCUT2D eigenvalue weighted by atomic mass is 19.1. The SMILES string of the molecule is Fc1ccc(-c2n[nH]nc2COC2CCN(C3CCOCC3)C2)cc1. The third-order valence-corrected chi connectivity index (χ3v) is 5.08. The van der Waals surface area contributed by atoms with Crippen LogP contribution in [0.5, 0.6) is 0 Å². The highest BCUT2D eigenvalue weighted by Gasteiger charge is 2.30. The average Bonchev–Trinajstić information content (AvgIpc) is 3.31. The molecule has 1 aromatic carbocycles. The van der Waals surface area contributed by atoms with E-state index in [1.54, 1.807) is 12.1 Å². The van der Waals surface area contributed by atoms with E-state index in [1.807, 2.05) is 0 Å². The van der Waals surface area contributed by atoms with Crippen molar-refractivity contribution in [3.05, 3.63) is 35.8 Å². The second kappa shape index (κ2) is 7.59. The number of benzene rings is 1. The number of ether oxygens (including phenoxy) is 2. The number of halogens is 1. The van der Waals surface area contributed by atoms with Gasteiger partial charge in [0.1, 0.15) is 17.2 Å². The zero-order chi connectivity index (χ0) is 17.1. The van der Waals surface area contributed by atoms with E-state index in [2.05, 4.69) is 20.3 Å². The summed E-state index contributed by atoms with van der Waals surface area (Å²) in [5.41, 5.74) is 2.32. The van der Waals surface area contributed by atoms with Crippen LogP contribution in [0, 0.1) is 5.82 Å². The summed E-state index contributed by atoms with van der Waals surface area (Å²) >= 11 is 0. The van der Waals surface area contributed by atoms with E-state index in [0.29, 0.717) is 12.6 Å². The molecule has 0 bridgehead atoms. The summed E-state index contributed by atoms with van der Waals surface area (Å²) in [6, 6.07) is 6.90. The molecule has 2 saturated heterocycles. The minimum atomic E-state index is -0.260. The number of aromatic nitrogens is 3. The molecule has 2 aliphatic heterocycles. The van der Waals surface area contributed by atoms with Crippen LogP contribution in [-0.2, 0) is 16.1 Å². The fraction of sp³-hybridized carbons (Fsp3) is 0.556. The van der Waals surface area contributed by atoms with Crippen molar-refractivity contribution in [1.29, 1.82) is 0 Å². The maximum Gasteiger partial charge on any atom is 0.123 e. The lowest BCUT2D eigenvalue weighted by Gasteiger charge is -2.30. The summed E-state index contributed by atoms with van der Waals surface area (Å²) in [7, 11) is 0. The fourth-order valence-electron chi connectivity index (χ4n) is 3.66. The van der Waals surface area contributed by atoms with Crippen molar-refractivity contribution in [3.63, 3.8) is 0 Å². The molecular formula is C18H23FN4O2. The van der Waals surface area contributed by atoms with Crippen molar-refractivity contribution in [3.8, 4) is 11.3 Å². The van der Waals surface area contributed by atoms with Gasteiger partial charge in [0.25, 0.3) is 0 Å². The monoisotopic (exact) mass is 346 g/mol. The van der Waals surface area contributed by atoms with E-state index < -0.39 is 0 Å². The topological polar surface area (TPSA) is 63.3 Å². The number of aromatic amines is 1. The summed E-state index contributed by atoms with van der Waals surface area (Å²) in [5, 5.41) is 11.0. The van der Waals surface area contributed by atoms with Crippen molar-refractivity contribution in [2.45, 2.75) is 38.0 Å². The van der Waals surface area contributed by atoms with Gasteiger partial charge in [-0.05, 0) is 43.5 Å². The number of rotatable bonds is 5. The second-order valence-corrected chi connectivity index (χ2v) is 6.69. The Morgan fingerprint density at radius 3 is 2.76 bits per heavy atom. The Hall–Kier alpha value is -1.83. The van der Waals surface area contributed by atoms with E-state index in [9.17, 15) is 4.39 Å². The molecule has 4 rings (SSSR count). The average molecular weight is 346 g/mol. The van der Waals surface area contributed by atoms with Gasteiger partial charge in [0.05, 0.1) is 12.7 Å². The predicted molar refractivity (Wildman–Crippen MR) is 90.4 cm³/mol. The molecule has 3 heterocycles. The van der Waals surface area contributed by atoms with Gasteiger partial charge in [0, 0.05) is 37.9 Å². The molecule has 0 radical (unpaired) electrons. The van der Waals surface area contributed by atoms with Gasteiger partial charge in [-0.25, -0.2) is 4.39 Å². The lowest BCUT2D eigenvalue weighted by Crippen LogP contribution is -2.38. The van der Waals surface area contributed by atoms with Crippen molar-refractivity contribution in [1.82, 2.24) is 20.3 Å². The molecule has 1 aromatic heterocycles. The number of hydrogen-bond acceptors (Lipinski definition) is 5. The van der Waals surface area contributed by atoms with Gasteiger partial charge in [-0.15, -0.1) is 0 Å². The third kappa shape index (κ3) is 3.89. The maximum atomic E-state index is 13.1. The van der Waals surface area contributed by atoms with Crippen molar-refractivity contribution in [2.75, 3.05) is 26.3 Å². The van der Waals surface area contributed by atoms with Gasteiger partial charge < -0.3 is 9.47 Å². The third-order valence-electron chi connectivity index (χ3n) is 5.08. The first-order valence-electron chi connectivity index (χ1n) is 8.88. The van der Waals surface area contributed by atoms with Crippen LogP contribution < -0.4 is 0 Å². The smallest absolute Gasteiger partial charge is 0.123 e. The zero-order valence-corrected chi connectivity index (χ0v) is 14.2. The first-order chi connectivity index (χ1) is 12.3. The fourth-order valence-corrected chi connectivity index (χ4v) is 3.66.